The van der Waals surface area contributed by atoms with Gasteiger partial charge in [-0.1, -0.05) is 29.8 Å². The normalized spacial score (nSPS) is 11.5. The molecule has 1 heterocycles. The van der Waals surface area contributed by atoms with Crippen LogP contribution in [0.5, 0.6) is 0 Å². The molecule has 0 aliphatic rings. The summed E-state index contributed by atoms with van der Waals surface area (Å²) in [5.41, 5.74) is 0.459. The van der Waals surface area contributed by atoms with Crippen molar-refractivity contribution in [1.82, 2.24) is 4.98 Å². The lowest BCUT2D eigenvalue weighted by Crippen LogP contribution is -2.32. The fourth-order valence-electron chi connectivity index (χ4n) is 1.68. The first kappa shape index (κ1) is 15.7. The molecule has 0 aliphatic carbocycles. The second-order valence-electron chi connectivity index (χ2n) is 4.50. The molecule has 0 bridgehead atoms. The van der Waals surface area contributed by atoms with Crippen molar-refractivity contribution in [2.45, 2.75) is 13.0 Å². The number of para-hydroxylation sites is 1. The first-order valence-electron chi connectivity index (χ1n) is 6.40. The molecule has 1 amide bonds. The Hall–Kier alpha value is -2.67. The van der Waals surface area contributed by atoms with E-state index in [0.29, 0.717) is 5.69 Å². The lowest BCUT2D eigenvalue weighted by atomic mass is 10.2. The number of pyridine rings is 1. The molecule has 0 radical (unpaired) electrons. The number of amides is 1. The molecule has 0 fully saturated rings. The lowest BCUT2D eigenvalue weighted by molar-refractivity contribution is -0.385. The molecule has 7 nitrogen and oxygen atoms in total. The summed E-state index contributed by atoms with van der Waals surface area (Å²) in [6, 6.07) is 9.55. The SMILES string of the molecule is CC(Nc1ncc([N+](=O)[O-])cc1Cl)C(=O)Nc1ccccc1. The molecule has 1 unspecified atom stereocenters. The molecule has 2 N–H and O–H groups in total. The molecule has 2 aromatic rings. The van der Waals surface area contributed by atoms with Gasteiger partial charge >= 0.3 is 0 Å². The van der Waals surface area contributed by atoms with Crippen LogP contribution >= 0.6 is 11.6 Å². The minimum absolute atomic E-state index is 0.0774. The van der Waals surface area contributed by atoms with Gasteiger partial charge in [0.25, 0.3) is 5.69 Å². The highest BCUT2D eigenvalue weighted by Gasteiger charge is 2.17. The fraction of sp³-hybridized carbons (Fsp3) is 0.143. The van der Waals surface area contributed by atoms with Crippen LogP contribution in [0.15, 0.2) is 42.6 Å². The number of carbonyl (C=O) groups is 1. The van der Waals surface area contributed by atoms with E-state index in [2.05, 4.69) is 15.6 Å². The topological polar surface area (TPSA) is 97.2 Å². The molecule has 1 aromatic carbocycles. The third kappa shape index (κ3) is 3.92. The van der Waals surface area contributed by atoms with Crippen LogP contribution in [0.2, 0.25) is 5.02 Å². The third-order valence-electron chi connectivity index (χ3n) is 2.83. The van der Waals surface area contributed by atoms with Gasteiger partial charge in [-0.05, 0) is 19.1 Å². The van der Waals surface area contributed by atoms with Crippen molar-refractivity contribution in [3.63, 3.8) is 0 Å². The minimum Gasteiger partial charge on any atom is -0.357 e. The first-order valence-corrected chi connectivity index (χ1v) is 6.77. The van der Waals surface area contributed by atoms with E-state index in [1.807, 2.05) is 18.2 Å². The van der Waals surface area contributed by atoms with E-state index >= 15 is 0 Å². The second kappa shape index (κ2) is 6.86. The third-order valence-corrected chi connectivity index (χ3v) is 3.11. The van der Waals surface area contributed by atoms with Gasteiger partial charge in [0.15, 0.2) is 0 Å². The molecule has 1 atom stereocenters. The Morgan fingerprint density at radius 1 is 1.36 bits per heavy atom. The first-order chi connectivity index (χ1) is 10.5. The number of anilines is 2. The summed E-state index contributed by atoms with van der Waals surface area (Å²) in [5, 5.41) is 16.2. The summed E-state index contributed by atoms with van der Waals surface area (Å²) in [6.07, 6.45) is 1.08. The zero-order valence-corrected chi connectivity index (χ0v) is 12.4. The van der Waals surface area contributed by atoms with Crippen LogP contribution < -0.4 is 10.6 Å². The molecular weight excluding hydrogens is 308 g/mol. The number of nitro groups is 1. The van der Waals surface area contributed by atoms with Crippen molar-refractivity contribution >= 4 is 34.7 Å². The van der Waals surface area contributed by atoms with Gasteiger partial charge in [0.05, 0.1) is 9.95 Å². The average Bonchev–Trinajstić information content (AvgIpc) is 2.50. The molecule has 0 spiro atoms. The molecule has 0 aliphatic heterocycles. The Bertz CT molecular complexity index is 694. The Morgan fingerprint density at radius 2 is 2.05 bits per heavy atom. The van der Waals surface area contributed by atoms with Crippen molar-refractivity contribution in [3.05, 3.63) is 57.7 Å². The maximum Gasteiger partial charge on any atom is 0.289 e. The van der Waals surface area contributed by atoms with Gasteiger partial charge in [-0.25, -0.2) is 4.98 Å². The predicted molar refractivity (Wildman–Crippen MR) is 84.1 cm³/mol. The number of nitrogens with one attached hydrogen (secondary N) is 2. The minimum atomic E-state index is -0.619. The maximum absolute atomic E-state index is 12.1. The predicted octanol–water partition coefficient (Wildman–Crippen LogP) is 3.08. The number of hydrogen-bond donors (Lipinski definition) is 2. The van der Waals surface area contributed by atoms with E-state index in [0.717, 1.165) is 6.20 Å². The van der Waals surface area contributed by atoms with Crippen molar-refractivity contribution < 1.29 is 9.72 Å². The molecule has 8 heteroatoms. The van der Waals surface area contributed by atoms with Crippen molar-refractivity contribution in [1.29, 1.82) is 0 Å². The monoisotopic (exact) mass is 320 g/mol. The van der Waals surface area contributed by atoms with Gasteiger partial charge in [0.2, 0.25) is 5.91 Å². The Kier molecular flexibility index (Phi) is 4.90. The highest BCUT2D eigenvalue weighted by molar-refractivity contribution is 6.33. The quantitative estimate of drug-likeness (QED) is 0.651. The lowest BCUT2D eigenvalue weighted by Gasteiger charge is -2.15. The van der Waals surface area contributed by atoms with E-state index < -0.39 is 11.0 Å². The highest BCUT2D eigenvalue weighted by Crippen LogP contribution is 2.24. The smallest absolute Gasteiger partial charge is 0.289 e. The molecule has 0 saturated carbocycles. The van der Waals surface area contributed by atoms with E-state index in [1.54, 1.807) is 19.1 Å². The summed E-state index contributed by atoms with van der Waals surface area (Å²) in [7, 11) is 0. The Morgan fingerprint density at radius 3 is 2.64 bits per heavy atom. The number of halogens is 1. The average molecular weight is 321 g/mol. The van der Waals surface area contributed by atoms with Gasteiger partial charge in [0, 0.05) is 11.8 Å². The van der Waals surface area contributed by atoms with Gasteiger partial charge in [-0.2, -0.15) is 0 Å². The summed E-state index contributed by atoms with van der Waals surface area (Å²) >= 11 is 5.92. The van der Waals surface area contributed by atoms with E-state index in [1.165, 1.54) is 6.07 Å². The molecular formula is C14H13ClN4O3. The summed E-state index contributed by atoms with van der Waals surface area (Å²) in [5.74, 6) is -0.0644. The number of benzene rings is 1. The number of carbonyl (C=O) groups excluding carboxylic acids is 1. The number of hydrogen-bond acceptors (Lipinski definition) is 5. The Labute approximate surface area is 131 Å². The number of rotatable bonds is 5. The second-order valence-corrected chi connectivity index (χ2v) is 4.91. The zero-order chi connectivity index (χ0) is 16.1. The molecule has 0 saturated heterocycles. The van der Waals surface area contributed by atoms with Crippen molar-refractivity contribution in [3.8, 4) is 0 Å². The van der Waals surface area contributed by atoms with Gasteiger partial charge in [-0.15, -0.1) is 0 Å². The zero-order valence-electron chi connectivity index (χ0n) is 11.6. The summed E-state index contributed by atoms with van der Waals surface area (Å²) < 4.78 is 0. The molecule has 1 aromatic heterocycles. The van der Waals surface area contributed by atoms with Gasteiger partial charge in [0.1, 0.15) is 18.1 Å². The molecule has 2 rings (SSSR count). The van der Waals surface area contributed by atoms with Crippen LogP contribution in [0, 0.1) is 10.1 Å². The van der Waals surface area contributed by atoms with Crippen LogP contribution in [-0.2, 0) is 4.79 Å². The van der Waals surface area contributed by atoms with Crippen LogP contribution in [0.3, 0.4) is 0 Å². The number of nitrogens with zero attached hydrogens (tertiary/aromatic N) is 2. The Balaban J connectivity index is 2.03. The van der Waals surface area contributed by atoms with Crippen molar-refractivity contribution in [2.75, 3.05) is 10.6 Å². The summed E-state index contributed by atoms with van der Waals surface area (Å²) in [6.45, 7) is 1.64. The largest absolute Gasteiger partial charge is 0.357 e. The van der Waals surface area contributed by atoms with Gasteiger partial charge < -0.3 is 10.6 Å². The standard InChI is InChI=1S/C14H13ClN4O3/c1-9(14(20)18-10-5-3-2-4-6-10)17-13-12(15)7-11(8-16-13)19(21)22/h2-9H,1H3,(H,16,17)(H,18,20). The van der Waals surface area contributed by atoms with Crippen molar-refractivity contribution in [2.24, 2.45) is 0 Å². The van der Waals surface area contributed by atoms with Crippen LogP contribution in [0.1, 0.15) is 6.92 Å². The molecule has 114 valence electrons. The van der Waals surface area contributed by atoms with E-state index in [-0.39, 0.29) is 22.4 Å². The van der Waals surface area contributed by atoms with Crippen LogP contribution in [0.25, 0.3) is 0 Å². The fourth-order valence-corrected chi connectivity index (χ4v) is 1.89. The maximum atomic E-state index is 12.1. The summed E-state index contributed by atoms with van der Waals surface area (Å²) in [4.78, 5) is 25.9. The van der Waals surface area contributed by atoms with E-state index in [4.69, 9.17) is 11.6 Å². The molecule has 22 heavy (non-hydrogen) atoms. The van der Waals surface area contributed by atoms with Gasteiger partial charge in [-0.3, -0.25) is 14.9 Å². The van der Waals surface area contributed by atoms with E-state index in [9.17, 15) is 14.9 Å². The van der Waals surface area contributed by atoms with Crippen LogP contribution in [-0.4, -0.2) is 21.9 Å². The number of aromatic nitrogens is 1. The highest BCUT2D eigenvalue weighted by atomic mass is 35.5. The van der Waals surface area contributed by atoms with Crippen LogP contribution in [0.4, 0.5) is 17.2 Å².